The van der Waals surface area contributed by atoms with E-state index < -0.39 is 5.60 Å². The lowest BCUT2D eigenvalue weighted by atomic mass is 9.81. The van der Waals surface area contributed by atoms with Gasteiger partial charge in [-0.15, -0.1) is 0 Å². The van der Waals surface area contributed by atoms with Crippen LogP contribution in [0.4, 0.5) is 4.39 Å². The van der Waals surface area contributed by atoms with Crippen LogP contribution in [0.25, 0.3) is 5.65 Å². The van der Waals surface area contributed by atoms with E-state index >= 15 is 0 Å². The maximum absolute atomic E-state index is 14.6. The Morgan fingerprint density at radius 1 is 1.38 bits per heavy atom. The first-order valence-corrected chi connectivity index (χ1v) is 12.1. The Labute approximate surface area is 203 Å². The standard InChI is InChI=1S/C23H23ClFIN4O2/c24-20-16(9-14-4-5-15(26)10-18(14)25)17(11-29-8-7-28-21(20)29)22(31)30-12-23(32,13-30)19-3-1-2-6-27-19/h4-5,7-8,10-11,19,27,32H,1-3,6,9,12-13H2. The Morgan fingerprint density at radius 3 is 2.91 bits per heavy atom. The maximum Gasteiger partial charge on any atom is 0.255 e. The number of carbonyl (C=O) groups excluding carboxylic acids is 1. The molecule has 168 valence electrons. The second kappa shape index (κ2) is 8.55. The maximum atomic E-state index is 14.6. The Morgan fingerprint density at radius 2 is 2.19 bits per heavy atom. The predicted molar refractivity (Wildman–Crippen MR) is 129 cm³/mol. The molecule has 6 nitrogen and oxygen atoms in total. The average molecular weight is 569 g/mol. The summed E-state index contributed by atoms with van der Waals surface area (Å²) >= 11 is 8.73. The minimum atomic E-state index is -0.915. The number of β-amino-alcohol motifs (C(OH)–C–C–N with tert-alkyl or cyclic N) is 1. The lowest BCUT2D eigenvalue weighted by Crippen LogP contribution is -2.72. The molecule has 2 saturated heterocycles. The average Bonchev–Trinajstić information content (AvgIpc) is 3.24. The summed E-state index contributed by atoms with van der Waals surface area (Å²) in [5, 5.41) is 14.7. The zero-order valence-electron chi connectivity index (χ0n) is 17.3. The third-order valence-corrected chi connectivity index (χ3v) is 7.58. The number of aromatic nitrogens is 2. The van der Waals surface area contributed by atoms with E-state index in [1.807, 2.05) is 6.07 Å². The highest BCUT2D eigenvalue weighted by atomic mass is 127. The Balaban J connectivity index is 1.46. The van der Waals surface area contributed by atoms with Crippen molar-refractivity contribution in [1.29, 1.82) is 0 Å². The molecule has 5 rings (SSSR count). The van der Waals surface area contributed by atoms with Crippen molar-refractivity contribution in [2.24, 2.45) is 0 Å². The van der Waals surface area contributed by atoms with Crippen LogP contribution in [-0.2, 0) is 6.42 Å². The molecule has 32 heavy (non-hydrogen) atoms. The topological polar surface area (TPSA) is 69.9 Å². The van der Waals surface area contributed by atoms with E-state index in [0.717, 1.165) is 29.4 Å². The number of nitrogens with zero attached hydrogens (tertiary/aromatic N) is 3. The number of aliphatic hydroxyl groups is 1. The molecule has 1 unspecified atom stereocenters. The van der Waals surface area contributed by atoms with Crippen LogP contribution >= 0.6 is 34.2 Å². The van der Waals surface area contributed by atoms with E-state index in [1.165, 1.54) is 6.07 Å². The summed E-state index contributed by atoms with van der Waals surface area (Å²) in [7, 11) is 0. The Hall–Kier alpha value is -1.75. The third-order valence-electron chi connectivity index (χ3n) is 6.51. The number of carbonyl (C=O) groups is 1. The van der Waals surface area contributed by atoms with Crippen LogP contribution in [0.15, 0.2) is 36.8 Å². The first kappa shape index (κ1) is 22.1. The van der Waals surface area contributed by atoms with Gasteiger partial charge >= 0.3 is 0 Å². The molecule has 1 amide bonds. The molecule has 0 aliphatic carbocycles. The van der Waals surface area contributed by atoms with Crippen LogP contribution in [0, 0.1) is 9.39 Å². The van der Waals surface area contributed by atoms with E-state index in [2.05, 4.69) is 32.9 Å². The number of imidazole rings is 1. The number of fused-ring (bicyclic) bond motifs is 1. The Bertz CT molecular complexity index is 1190. The van der Waals surface area contributed by atoms with E-state index in [9.17, 15) is 14.3 Å². The quantitative estimate of drug-likeness (QED) is 0.472. The molecule has 4 heterocycles. The molecule has 1 atom stereocenters. The predicted octanol–water partition coefficient (Wildman–Crippen LogP) is 3.65. The first-order valence-electron chi connectivity index (χ1n) is 10.7. The van der Waals surface area contributed by atoms with Gasteiger partial charge in [0.05, 0.1) is 23.7 Å². The van der Waals surface area contributed by atoms with Crippen molar-refractivity contribution in [2.45, 2.75) is 37.3 Å². The number of piperidine rings is 1. The van der Waals surface area contributed by atoms with Crippen LogP contribution in [0.1, 0.15) is 40.7 Å². The van der Waals surface area contributed by atoms with E-state index in [1.54, 1.807) is 34.0 Å². The number of benzene rings is 1. The molecule has 3 aromatic rings. The molecule has 2 aliphatic heterocycles. The van der Waals surface area contributed by atoms with Crippen molar-refractivity contribution in [3.05, 3.63) is 67.9 Å². The van der Waals surface area contributed by atoms with Crippen molar-refractivity contribution < 1.29 is 14.3 Å². The number of rotatable bonds is 4. The number of pyridine rings is 1. The summed E-state index contributed by atoms with van der Waals surface area (Å²) in [6, 6.07) is 5.01. The fraction of sp³-hybridized carbons (Fsp3) is 0.391. The highest BCUT2D eigenvalue weighted by Gasteiger charge is 2.49. The summed E-state index contributed by atoms with van der Waals surface area (Å²) in [6.07, 6.45) is 8.31. The summed E-state index contributed by atoms with van der Waals surface area (Å²) in [5.41, 5.74) is 1.01. The Kier molecular flexibility index (Phi) is 5.90. The van der Waals surface area contributed by atoms with Gasteiger partial charge in [-0.05, 0) is 65.2 Å². The molecule has 2 aromatic heterocycles. The van der Waals surface area contributed by atoms with Gasteiger partial charge < -0.3 is 19.7 Å². The van der Waals surface area contributed by atoms with Gasteiger partial charge in [0.2, 0.25) is 0 Å². The van der Waals surface area contributed by atoms with Crippen LogP contribution in [0.2, 0.25) is 5.02 Å². The lowest BCUT2D eigenvalue weighted by molar-refractivity contribution is -0.108. The minimum absolute atomic E-state index is 0.000347. The number of hydrogen-bond donors (Lipinski definition) is 2. The van der Waals surface area contributed by atoms with Crippen molar-refractivity contribution in [1.82, 2.24) is 19.6 Å². The molecule has 2 fully saturated rings. The van der Waals surface area contributed by atoms with Gasteiger partial charge in [0.25, 0.3) is 5.91 Å². The summed E-state index contributed by atoms with van der Waals surface area (Å²) in [4.78, 5) is 19.4. The number of likely N-dealkylation sites (tertiary alicyclic amines) is 1. The van der Waals surface area contributed by atoms with Crippen LogP contribution in [-0.4, -0.2) is 56.6 Å². The summed E-state index contributed by atoms with van der Waals surface area (Å²) in [6.45, 7) is 1.42. The monoisotopic (exact) mass is 568 g/mol. The normalized spacial score (nSPS) is 20.4. The largest absolute Gasteiger partial charge is 0.385 e. The van der Waals surface area contributed by atoms with Crippen molar-refractivity contribution in [2.75, 3.05) is 19.6 Å². The van der Waals surface area contributed by atoms with Gasteiger partial charge in [-0.25, -0.2) is 9.37 Å². The number of hydrogen-bond acceptors (Lipinski definition) is 4. The molecular formula is C23H23ClFIN4O2. The molecule has 0 radical (unpaired) electrons. The number of nitrogens with one attached hydrogen (secondary N) is 1. The van der Waals surface area contributed by atoms with Crippen molar-refractivity contribution in [3.63, 3.8) is 0 Å². The van der Waals surface area contributed by atoms with Crippen LogP contribution in [0.5, 0.6) is 0 Å². The third kappa shape index (κ3) is 3.91. The molecule has 2 aliphatic rings. The molecule has 0 spiro atoms. The molecule has 9 heteroatoms. The fourth-order valence-electron chi connectivity index (χ4n) is 4.73. The number of halogens is 3. The second-order valence-corrected chi connectivity index (χ2v) is 10.3. The lowest BCUT2D eigenvalue weighted by Gasteiger charge is -2.51. The van der Waals surface area contributed by atoms with E-state index in [-0.39, 0.29) is 37.3 Å². The van der Waals surface area contributed by atoms with Gasteiger partial charge in [0.15, 0.2) is 5.65 Å². The summed E-state index contributed by atoms with van der Waals surface area (Å²) in [5.74, 6) is -0.555. The van der Waals surface area contributed by atoms with Gasteiger partial charge in [-0.2, -0.15) is 0 Å². The van der Waals surface area contributed by atoms with Gasteiger partial charge in [-0.3, -0.25) is 4.79 Å². The zero-order chi connectivity index (χ0) is 22.5. The molecular weight excluding hydrogens is 546 g/mol. The first-order chi connectivity index (χ1) is 15.4. The number of amides is 1. The van der Waals surface area contributed by atoms with Crippen molar-refractivity contribution >= 4 is 45.7 Å². The molecule has 1 aromatic carbocycles. The SMILES string of the molecule is O=C(c1cn2ccnc2c(Cl)c1Cc1ccc(I)cc1F)N1CC(O)(C2CCCCN2)C1. The van der Waals surface area contributed by atoms with Gasteiger partial charge in [0.1, 0.15) is 11.4 Å². The zero-order valence-corrected chi connectivity index (χ0v) is 20.2. The highest BCUT2D eigenvalue weighted by molar-refractivity contribution is 14.1. The van der Waals surface area contributed by atoms with Crippen LogP contribution < -0.4 is 5.32 Å². The molecule has 0 bridgehead atoms. The molecule has 0 saturated carbocycles. The minimum Gasteiger partial charge on any atom is -0.385 e. The fourth-order valence-corrected chi connectivity index (χ4v) is 5.50. The van der Waals surface area contributed by atoms with E-state index in [0.29, 0.717) is 27.4 Å². The highest BCUT2D eigenvalue weighted by Crippen LogP contribution is 2.33. The van der Waals surface area contributed by atoms with Gasteiger partial charge in [0, 0.05) is 34.6 Å². The molecule has 2 N–H and O–H groups in total. The van der Waals surface area contributed by atoms with Crippen LogP contribution in [0.3, 0.4) is 0 Å². The second-order valence-electron chi connectivity index (χ2n) is 8.67. The van der Waals surface area contributed by atoms with Gasteiger partial charge in [-0.1, -0.05) is 24.1 Å². The van der Waals surface area contributed by atoms with E-state index in [4.69, 9.17) is 11.6 Å². The smallest absolute Gasteiger partial charge is 0.255 e. The summed E-state index contributed by atoms with van der Waals surface area (Å²) < 4.78 is 17.1. The van der Waals surface area contributed by atoms with Crippen molar-refractivity contribution in [3.8, 4) is 0 Å².